The lowest BCUT2D eigenvalue weighted by molar-refractivity contribution is -0.125. The summed E-state index contributed by atoms with van der Waals surface area (Å²) in [6, 6.07) is 0.0882. The van der Waals surface area contributed by atoms with Crippen molar-refractivity contribution in [2.75, 3.05) is 19.8 Å². The predicted molar refractivity (Wildman–Crippen MR) is 57.9 cm³/mol. The molecule has 2 unspecified atom stereocenters. The molecule has 0 spiro atoms. The number of carbonyl (C=O) groups excluding carboxylic acids is 1. The second-order valence-corrected chi connectivity index (χ2v) is 3.87. The highest BCUT2D eigenvalue weighted by atomic mass is 16.5. The molecule has 2 rings (SSSR count). The lowest BCUT2D eigenvalue weighted by Crippen LogP contribution is -2.43. The highest BCUT2D eigenvalue weighted by molar-refractivity contribution is 5.79. The van der Waals surface area contributed by atoms with E-state index in [0.717, 1.165) is 6.54 Å². The standard InChI is InChI=1S/C10H16N4O3/c1-2-11-8-5-16-4-7(8)10(15)12-3-9-13-6-17-14-9/h6-8,11H,2-5H2,1H3,(H,12,15). The van der Waals surface area contributed by atoms with Gasteiger partial charge >= 0.3 is 0 Å². The normalized spacial score (nSPS) is 23.8. The van der Waals surface area contributed by atoms with Gasteiger partial charge in [-0.25, -0.2) is 0 Å². The van der Waals surface area contributed by atoms with E-state index in [1.807, 2.05) is 6.92 Å². The van der Waals surface area contributed by atoms with E-state index in [4.69, 9.17) is 4.74 Å². The van der Waals surface area contributed by atoms with Crippen molar-refractivity contribution in [1.82, 2.24) is 20.8 Å². The zero-order valence-electron chi connectivity index (χ0n) is 9.68. The van der Waals surface area contributed by atoms with E-state index in [1.165, 1.54) is 6.39 Å². The van der Waals surface area contributed by atoms with E-state index in [-0.39, 0.29) is 24.4 Å². The predicted octanol–water partition coefficient (Wildman–Crippen LogP) is -0.690. The summed E-state index contributed by atoms with van der Waals surface area (Å²) in [4.78, 5) is 15.7. The van der Waals surface area contributed by atoms with Crippen molar-refractivity contribution in [2.45, 2.75) is 19.5 Å². The summed E-state index contributed by atoms with van der Waals surface area (Å²) >= 11 is 0. The number of nitrogens with zero attached hydrogens (tertiary/aromatic N) is 2. The van der Waals surface area contributed by atoms with Gasteiger partial charge in [-0.05, 0) is 6.54 Å². The summed E-state index contributed by atoms with van der Waals surface area (Å²) in [5.41, 5.74) is 0. The molecule has 7 heteroatoms. The monoisotopic (exact) mass is 240 g/mol. The highest BCUT2D eigenvalue weighted by Crippen LogP contribution is 2.13. The molecule has 1 aliphatic rings. The molecule has 1 amide bonds. The number of ether oxygens (including phenoxy) is 1. The van der Waals surface area contributed by atoms with E-state index < -0.39 is 0 Å². The number of likely N-dealkylation sites (N-methyl/N-ethyl adjacent to an activating group) is 1. The molecule has 2 N–H and O–H groups in total. The van der Waals surface area contributed by atoms with Crippen LogP contribution in [0.4, 0.5) is 0 Å². The maximum absolute atomic E-state index is 11.9. The first-order valence-corrected chi connectivity index (χ1v) is 5.65. The second-order valence-electron chi connectivity index (χ2n) is 3.87. The largest absolute Gasteiger partial charge is 0.379 e. The van der Waals surface area contributed by atoms with Crippen molar-refractivity contribution in [1.29, 1.82) is 0 Å². The molecule has 1 saturated heterocycles. The lowest BCUT2D eigenvalue weighted by atomic mass is 10.0. The Morgan fingerprint density at radius 3 is 3.18 bits per heavy atom. The topological polar surface area (TPSA) is 89.3 Å². The number of hydrogen-bond donors (Lipinski definition) is 2. The van der Waals surface area contributed by atoms with Crippen LogP contribution in [0.15, 0.2) is 10.9 Å². The van der Waals surface area contributed by atoms with E-state index in [2.05, 4.69) is 25.3 Å². The third-order valence-corrected chi connectivity index (χ3v) is 2.71. The maximum atomic E-state index is 11.9. The van der Waals surface area contributed by atoms with Gasteiger partial charge in [0.15, 0.2) is 5.82 Å². The Balaban J connectivity index is 1.82. The lowest BCUT2D eigenvalue weighted by Gasteiger charge is -2.17. The van der Waals surface area contributed by atoms with Gasteiger partial charge in [-0.2, -0.15) is 4.98 Å². The van der Waals surface area contributed by atoms with Crippen LogP contribution in [0, 0.1) is 5.92 Å². The van der Waals surface area contributed by atoms with Gasteiger partial charge in [0.25, 0.3) is 0 Å². The summed E-state index contributed by atoms with van der Waals surface area (Å²) in [5, 5.41) is 9.63. The van der Waals surface area contributed by atoms with Gasteiger partial charge in [-0.15, -0.1) is 0 Å². The van der Waals surface area contributed by atoms with Crippen LogP contribution in [0.5, 0.6) is 0 Å². The van der Waals surface area contributed by atoms with Gasteiger partial charge in [-0.3, -0.25) is 4.79 Å². The zero-order valence-corrected chi connectivity index (χ0v) is 9.68. The molecule has 1 aliphatic heterocycles. The Morgan fingerprint density at radius 2 is 2.47 bits per heavy atom. The van der Waals surface area contributed by atoms with Crippen LogP contribution in [0.2, 0.25) is 0 Å². The fourth-order valence-electron chi connectivity index (χ4n) is 1.84. The van der Waals surface area contributed by atoms with Gasteiger partial charge in [0, 0.05) is 6.04 Å². The smallest absolute Gasteiger partial charge is 0.227 e. The SMILES string of the molecule is CCNC1COCC1C(=O)NCc1ncon1. The highest BCUT2D eigenvalue weighted by Gasteiger charge is 2.33. The molecule has 1 fully saturated rings. The second kappa shape index (κ2) is 5.74. The molecule has 2 atom stereocenters. The molecule has 2 heterocycles. The van der Waals surface area contributed by atoms with Crippen LogP contribution in [0.3, 0.4) is 0 Å². The summed E-state index contributed by atoms with van der Waals surface area (Å²) < 4.78 is 9.89. The molecule has 0 bridgehead atoms. The van der Waals surface area contributed by atoms with Crippen LogP contribution in [-0.4, -0.2) is 41.8 Å². The summed E-state index contributed by atoms with van der Waals surface area (Å²) in [6.45, 7) is 4.14. The molecule has 94 valence electrons. The minimum Gasteiger partial charge on any atom is -0.379 e. The van der Waals surface area contributed by atoms with Crippen LogP contribution in [0.1, 0.15) is 12.7 Å². The molecule has 0 aliphatic carbocycles. The van der Waals surface area contributed by atoms with Crippen LogP contribution < -0.4 is 10.6 Å². The fraction of sp³-hybridized carbons (Fsp3) is 0.700. The first kappa shape index (κ1) is 12.0. The number of nitrogens with one attached hydrogen (secondary N) is 2. The van der Waals surface area contributed by atoms with Crippen LogP contribution in [-0.2, 0) is 16.1 Å². The number of aromatic nitrogens is 2. The molecule has 17 heavy (non-hydrogen) atoms. The van der Waals surface area contributed by atoms with Gasteiger partial charge in [0.2, 0.25) is 12.3 Å². The van der Waals surface area contributed by atoms with E-state index in [1.54, 1.807) is 0 Å². The van der Waals surface area contributed by atoms with Gasteiger partial charge < -0.3 is 19.9 Å². The fourth-order valence-corrected chi connectivity index (χ4v) is 1.84. The average Bonchev–Trinajstić information content (AvgIpc) is 2.97. The first-order valence-electron chi connectivity index (χ1n) is 5.65. The molecular formula is C10H16N4O3. The molecule has 7 nitrogen and oxygen atoms in total. The van der Waals surface area contributed by atoms with Crippen molar-refractivity contribution in [3.63, 3.8) is 0 Å². The molecule has 1 aromatic heterocycles. The summed E-state index contributed by atoms with van der Waals surface area (Å²) in [5.74, 6) is 0.275. The Kier molecular flexibility index (Phi) is 4.05. The molecule has 0 saturated carbocycles. The van der Waals surface area contributed by atoms with Crippen LogP contribution >= 0.6 is 0 Å². The molecule has 0 aromatic carbocycles. The minimum atomic E-state index is -0.151. The number of carbonyl (C=O) groups is 1. The van der Waals surface area contributed by atoms with Crippen LogP contribution in [0.25, 0.3) is 0 Å². The van der Waals surface area contributed by atoms with Gasteiger partial charge in [-0.1, -0.05) is 12.1 Å². The van der Waals surface area contributed by atoms with Crippen molar-refractivity contribution < 1.29 is 14.1 Å². The number of hydrogen-bond acceptors (Lipinski definition) is 6. The van der Waals surface area contributed by atoms with Crippen molar-refractivity contribution in [3.8, 4) is 0 Å². The first-order chi connectivity index (χ1) is 8.31. The van der Waals surface area contributed by atoms with Crippen molar-refractivity contribution in [3.05, 3.63) is 12.2 Å². The van der Waals surface area contributed by atoms with E-state index in [9.17, 15) is 4.79 Å². The third kappa shape index (κ3) is 3.01. The number of amides is 1. The minimum absolute atomic E-state index is 0.0433. The molecule has 1 aromatic rings. The maximum Gasteiger partial charge on any atom is 0.227 e. The Hall–Kier alpha value is -1.47. The van der Waals surface area contributed by atoms with E-state index in [0.29, 0.717) is 19.0 Å². The van der Waals surface area contributed by atoms with E-state index >= 15 is 0 Å². The average molecular weight is 240 g/mol. The van der Waals surface area contributed by atoms with Gasteiger partial charge in [0.05, 0.1) is 25.7 Å². The van der Waals surface area contributed by atoms with Crippen molar-refractivity contribution >= 4 is 5.91 Å². The van der Waals surface area contributed by atoms with Gasteiger partial charge in [0.1, 0.15) is 0 Å². The number of rotatable bonds is 5. The quantitative estimate of drug-likeness (QED) is 0.708. The molecule has 0 radical (unpaired) electrons. The third-order valence-electron chi connectivity index (χ3n) is 2.71. The zero-order chi connectivity index (χ0) is 12.1. The summed E-state index contributed by atoms with van der Waals surface area (Å²) in [7, 11) is 0. The summed E-state index contributed by atoms with van der Waals surface area (Å²) in [6.07, 6.45) is 1.24. The Bertz CT molecular complexity index is 354. The molecular weight excluding hydrogens is 224 g/mol. The Labute approximate surface area is 98.9 Å². The Morgan fingerprint density at radius 1 is 1.59 bits per heavy atom. The van der Waals surface area contributed by atoms with Crippen molar-refractivity contribution in [2.24, 2.45) is 5.92 Å².